The topological polar surface area (TPSA) is 89.4 Å². The van der Waals surface area contributed by atoms with Crippen molar-refractivity contribution in [1.29, 1.82) is 0 Å². The number of nitrogens with zero attached hydrogens (tertiary/aromatic N) is 1. The third-order valence-electron chi connectivity index (χ3n) is 4.19. The molecule has 2 amide bonds. The summed E-state index contributed by atoms with van der Waals surface area (Å²) < 4.78 is 0. The Morgan fingerprint density at radius 2 is 1.55 bits per heavy atom. The van der Waals surface area contributed by atoms with E-state index >= 15 is 0 Å². The van der Waals surface area contributed by atoms with Crippen molar-refractivity contribution >= 4 is 11.8 Å². The van der Waals surface area contributed by atoms with Crippen LogP contribution in [-0.4, -0.2) is 29.8 Å². The van der Waals surface area contributed by atoms with Gasteiger partial charge in [-0.1, -0.05) is 29.8 Å². The fourth-order valence-electron chi connectivity index (χ4n) is 2.78. The maximum absolute atomic E-state index is 11.5. The zero-order valence-corrected chi connectivity index (χ0v) is 11.9. The van der Waals surface area contributed by atoms with Crippen LogP contribution in [0, 0.1) is 18.8 Å². The summed E-state index contributed by atoms with van der Waals surface area (Å²) in [5.41, 5.74) is 13.1. The molecule has 1 saturated heterocycles. The zero-order chi connectivity index (χ0) is 14.9. The molecule has 0 spiro atoms. The molecule has 4 N–H and O–H groups in total. The second kappa shape index (κ2) is 5.63. The molecule has 1 heterocycles. The number of rotatable bonds is 4. The van der Waals surface area contributed by atoms with Crippen LogP contribution in [0.4, 0.5) is 0 Å². The predicted molar refractivity (Wildman–Crippen MR) is 76.5 cm³/mol. The average Bonchev–Trinajstić information content (AvgIpc) is 2.84. The summed E-state index contributed by atoms with van der Waals surface area (Å²) in [4.78, 5) is 25.0. The molecule has 3 unspecified atom stereocenters. The summed E-state index contributed by atoms with van der Waals surface area (Å²) in [6.45, 7) is 5.07. The number of likely N-dealkylation sites (tertiary alicyclic amines) is 1. The van der Waals surface area contributed by atoms with E-state index in [4.69, 9.17) is 11.5 Å². The number of aryl methyl sites for hydroxylation is 1. The molecule has 108 valence electrons. The Labute approximate surface area is 118 Å². The molecule has 0 radical (unpaired) electrons. The number of primary amides is 2. The SMILES string of the molecule is Cc1ccc(C(C)N2CC(C(N)=O)C(C(N)=O)C2)cc1. The van der Waals surface area contributed by atoms with E-state index in [1.54, 1.807) is 0 Å². The van der Waals surface area contributed by atoms with Crippen LogP contribution < -0.4 is 11.5 Å². The molecular weight excluding hydrogens is 254 g/mol. The Morgan fingerprint density at radius 3 is 1.95 bits per heavy atom. The molecular formula is C15H21N3O2. The molecule has 1 fully saturated rings. The maximum Gasteiger partial charge on any atom is 0.222 e. The van der Waals surface area contributed by atoms with Gasteiger partial charge in [0.2, 0.25) is 11.8 Å². The average molecular weight is 275 g/mol. The third kappa shape index (κ3) is 2.82. The third-order valence-corrected chi connectivity index (χ3v) is 4.19. The van der Waals surface area contributed by atoms with Crippen molar-refractivity contribution in [2.45, 2.75) is 19.9 Å². The Hall–Kier alpha value is -1.88. The number of benzene rings is 1. The molecule has 0 saturated carbocycles. The lowest BCUT2D eigenvalue weighted by atomic mass is 9.95. The van der Waals surface area contributed by atoms with Gasteiger partial charge in [0.05, 0.1) is 11.8 Å². The summed E-state index contributed by atoms with van der Waals surface area (Å²) in [5.74, 6) is -1.87. The molecule has 0 aromatic heterocycles. The highest BCUT2D eigenvalue weighted by Gasteiger charge is 2.41. The van der Waals surface area contributed by atoms with Crippen LogP contribution in [0.1, 0.15) is 24.1 Å². The first kappa shape index (κ1) is 14.5. The minimum atomic E-state index is -0.486. The van der Waals surface area contributed by atoms with Crippen LogP contribution >= 0.6 is 0 Å². The summed E-state index contributed by atoms with van der Waals surface area (Å²) in [6, 6.07) is 8.37. The fraction of sp³-hybridized carbons (Fsp3) is 0.467. The van der Waals surface area contributed by atoms with Crippen molar-refractivity contribution in [3.8, 4) is 0 Å². The Bertz CT molecular complexity index is 490. The van der Waals surface area contributed by atoms with Gasteiger partial charge >= 0.3 is 0 Å². The van der Waals surface area contributed by atoms with Gasteiger partial charge in [-0.25, -0.2) is 0 Å². The minimum Gasteiger partial charge on any atom is -0.369 e. The molecule has 1 aliphatic rings. The first-order chi connectivity index (χ1) is 9.40. The number of hydrogen-bond donors (Lipinski definition) is 2. The van der Waals surface area contributed by atoms with Gasteiger partial charge in [-0.2, -0.15) is 0 Å². The van der Waals surface area contributed by atoms with Crippen LogP contribution in [0.2, 0.25) is 0 Å². The summed E-state index contributed by atoms with van der Waals surface area (Å²) in [6.07, 6.45) is 0. The summed E-state index contributed by atoms with van der Waals surface area (Å²) >= 11 is 0. The molecule has 2 rings (SSSR count). The van der Waals surface area contributed by atoms with Gasteiger partial charge in [-0.15, -0.1) is 0 Å². The number of amides is 2. The van der Waals surface area contributed by atoms with Gasteiger partial charge in [-0.05, 0) is 19.4 Å². The van der Waals surface area contributed by atoms with Crippen molar-refractivity contribution in [3.05, 3.63) is 35.4 Å². The Morgan fingerprint density at radius 1 is 1.10 bits per heavy atom. The molecule has 20 heavy (non-hydrogen) atoms. The van der Waals surface area contributed by atoms with Crippen molar-refractivity contribution < 1.29 is 9.59 Å². The number of carbonyl (C=O) groups excluding carboxylic acids is 2. The van der Waals surface area contributed by atoms with E-state index < -0.39 is 23.7 Å². The van der Waals surface area contributed by atoms with E-state index in [2.05, 4.69) is 36.1 Å². The quantitative estimate of drug-likeness (QED) is 0.842. The predicted octanol–water partition coefficient (Wildman–Crippen LogP) is 0.575. The molecule has 1 aliphatic heterocycles. The highest BCUT2D eigenvalue weighted by Crippen LogP contribution is 2.31. The van der Waals surface area contributed by atoms with E-state index in [0.29, 0.717) is 13.1 Å². The molecule has 5 nitrogen and oxygen atoms in total. The molecule has 1 aromatic rings. The monoisotopic (exact) mass is 275 g/mol. The van der Waals surface area contributed by atoms with E-state index in [1.165, 1.54) is 5.56 Å². The van der Waals surface area contributed by atoms with Crippen LogP contribution in [0.5, 0.6) is 0 Å². The minimum absolute atomic E-state index is 0.127. The van der Waals surface area contributed by atoms with E-state index in [1.807, 2.05) is 6.92 Å². The first-order valence-corrected chi connectivity index (χ1v) is 6.79. The largest absolute Gasteiger partial charge is 0.369 e. The highest BCUT2D eigenvalue weighted by molar-refractivity contribution is 5.87. The molecule has 5 heteroatoms. The lowest BCUT2D eigenvalue weighted by Crippen LogP contribution is -2.36. The van der Waals surface area contributed by atoms with E-state index in [9.17, 15) is 9.59 Å². The summed E-state index contributed by atoms with van der Waals surface area (Å²) in [5, 5.41) is 0. The maximum atomic E-state index is 11.5. The molecule has 1 aromatic carbocycles. The lowest BCUT2D eigenvalue weighted by molar-refractivity contribution is -0.129. The van der Waals surface area contributed by atoms with Crippen molar-refractivity contribution in [2.75, 3.05) is 13.1 Å². The Balaban J connectivity index is 2.16. The van der Waals surface area contributed by atoms with E-state index in [-0.39, 0.29) is 6.04 Å². The van der Waals surface area contributed by atoms with E-state index in [0.717, 1.165) is 5.56 Å². The number of carbonyl (C=O) groups is 2. The van der Waals surface area contributed by atoms with Gasteiger partial charge < -0.3 is 11.5 Å². The zero-order valence-electron chi connectivity index (χ0n) is 11.9. The number of nitrogens with two attached hydrogens (primary N) is 2. The second-order valence-corrected chi connectivity index (χ2v) is 5.56. The normalized spacial score (nSPS) is 24.5. The van der Waals surface area contributed by atoms with Gasteiger partial charge in [0.15, 0.2) is 0 Å². The van der Waals surface area contributed by atoms with Crippen molar-refractivity contribution in [1.82, 2.24) is 4.90 Å². The van der Waals surface area contributed by atoms with Gasteiger partial charge in [0.25, 0.3) is 0 Å². The van der Waals surface area contributed by atoms with Crippen molar-refractivity contribution in [3.63, 3.8) is 0 Å². The van der Waals surface area contributed by atoms with Gasteiger partial charge in [-0.3, -0.25) is 14.5 Å². The van der Waals surface area contributed by atoms with Gasteiger partial charge in [0.1, 0.15) is 0 Å². The van der Waals surface area contributed by atoms with Crippen LogP contribution in [0.25, 0.3) is 0 Å². The highest BCUT2D eigenvalue weighted by atomic mass is 16.2. The second-order valence-electron chi connectivity index (χ2n) is 5.56. The molecule has 3 atom stereocenters. The lowest BCUT2D eigenvalue weighted by Gasteiger charge is -2.24. The first-order valence-electron chi connectivity index (χ1n) is 6.79. The van der Waals surface area contributed by atoms with Gasteiger partial charge in [0, 0.05) is 19.1 Å². The molecule has 0 bridgehead atoms. The standard InChI is InChI=1S/C15H21N3O2/c1-9-3-5-11(6-4-9)10(2)18-7-12(14(16)19)13(8-18)15(17)20/h3-6,10,12-13H,7-8H2,1-2H3,(H2,16,19)(H2,17,20). The van der Waals surface area contributed by atoms with Crippen LogP contribution in [0.3, 0.4) is 0 Å². The van der Waals surface area contributed by atoms with Crippen molar-refractivity contribution in [2.24, 2.45) is 23.3 Å². The number of hydrogen-bond acceptors (Lipinski definition) is 3. The Kier molecular flexibility index (Phi) is 4.09. The smallest absolute Gasteiger partial charge is 0.222 e. The van der Waals surface area contributed by atoms with Crippen LogP contribution in [0.15, 0.2) is 24.3 Å². The molecule has 0 aliphatic carbocycles. The summed E-state index contributed by atoms with van der Waals surface area (Å²) in [7, 11) is 0. The van der Waals surface area contributed by atoms with Crippen LogP contribution in [-0.2, 0) is 9.59 Å². The fourth-order valence-corrected chi connectivity index (χ4v) is 2.78.